The number of benzene rings is 2. The molecule has 2 aliphatic rings. The normalized spacial score (nSPS) is 21.9. The van der Waals surface area contributed by atoms with Crippen molar-refractivity contribution in [2.24, 2.45) is 0 Å². The van der Waals surface area contributed by atoms with E-state index in [2.05, 4.69) is 47.6 Å². The largest absolute Gasteiger partial charge is 0.339 e. The van der Waals surface area contributed by atoms with Gasteiger partial charge in [0.1, 0.15) is 0 Å². The molecule has 1 aliphatic heterocycles. The number of likely N-dealkylation sites (N-methyl/N-ethyl adjacent to an activating group) is 1. The Hall–Kier alpha value is -2.68. The Balaban J connectivity index is 1.28. The number of nitriles is 1. The molecule has 1 aliphatic carbocycles. The number of rotatable bonds is 5. The van der Waals surface area contributed by atoms with Crippen molar-refractivity contribution in [1.82, 2.24) is 15.1 Å². The highest BCUT2D eigenvalue weighted by atomic mass is 16.2. The van der Waals surface area contributed by atoms with Crippen LogP contribution in [-0.4, -0.2) is 61.5 Å². The molecule has 0 spiro atoms. The standard InChI is InChI=1S/C23H26N4O/c1-26-10-12-27(13-11-26)23(28)16-25-22-14-21(22)20-8-6-19(7-9-20)18-4-2-17(15-24)3-5-18/h2-9,21-22,25H,10-14,16H2,1H3/t21-,22+/m0/s1. The average molecular weight is 374 g/mol. The Morgan fingerprint density at radius 1 is 1.04 bits per heavy atom. The summed E-state index contributed by atoms with van der Waals surface area (Å²) in [6.45, 7) is 4.03. The van der Waals surface area contributed by atoms with Crippen LogP contribution in [0.15, 0.2) is 48.5 Å². The van der Waals surface area contributed by atoms with E-state index >= 15 is 0 Å². The summed E-state index contributed by atoms with van der Waals surface area (Å²) >= 11 is 0. The fourth-order valence-corrected chi connectivity index (χ4v) is 3.84. The van der Waals surface area contributed by atoms with Crippen molar-refractivity contribution in [1.29, 1.82) is 5.26 Å². The van der Waals surface area contributed by atoms with Crippen molar-refractivity contribution in [2.75, 3.05) is 39.8 Å². The van der Waals surface area contributed by atoms with Crippen LogP contribution in [0.1, 0.15) is 23.5 Å². The van der Waals surface area contributed by atoms with Crippen molar-refractivity contribution < 1.29 is 4.79 Å². The molecule has 144 valence electrons. The molecule has 5 nitrogen and oxygen atoms in total. The van der Waals surface area contributed by atoms with Crippen molar-refractivity contribution in [3.05, 3.63) is 59.7 Å². The molecule has 0 unspecified atom stereocenters. The summed E-state index contributed by atoms with van der Waals surface area (Å²) in [6, 6.07) is 18.9. The van der Waals surface area contributed by atoms with Gasteiger partial charge in [-0.25, -0.2) is 0 Å². The predicted molar refractivity (Wildman–Crippen MR) is 110 cm³/mol. The third kappa shape index (κ3) is 4.24. The lowest BCUT2D eigenvalue weighted by molar-refractivity contribution is -0.131. The van der Waals surface area contributed by atoms with Gasteiger partial charge in [-0.05, 0) is 42.3 Å². The van der Waals surface area contributed by atoms with Crippen molar-refractivity contribution in [3.63, 3.8) is 0 Å². The highest BCUT2D eigenvalue weighted by molar-refractivity contribution is 5.78. The summed E-state index contributed by atoms with van der Waals surface area (Å²) in [5.74, 6) is 0.713. The van der Waals surface area contributed by atoms with Crippen LogP contribution in [-0.2, 0) is 4.79 Å². The summed E-state index contributed by atoms with van der Waals surface area (Å²) in [4.78, 5) is 16.6. The Morgan fingerprint density at radius 3 is 2.25 bits per heavy atom. The molecule has 5 heteroatoms. The van der Waals surface area contributed by atoms with E-state index in [1.807, 2.05) is 29.2 Å². The quantitative estimate of drug-likeness (QED) is 0.873. The molecule has 0 bridgehead atoms. The van der Waals surface area contributed by atoms with E-state index in [4.69, 9.17) is 5.26 Å². The SMILES string of the molecule is CN1CCN(C(=O)CN[C@@H]2C[C@H]2c2ccc(-c3ccc(C#N)cc3)cc2)CC1. The minimum absolute atomic E-state index is 0.218. The van der Waals surface area contributed by atoms with Crippen LogP contribution in [0, 0.1) is 11.3 Å². The smallest absolute Gasteiger partial charge is 0.236 e. The molecule has 1 heterocycles. The summed E-state index contributed by atoms with van der Waals surface area (Å²) < 4.78 is 0. The van der Waals surface area contributed by atoms with Gasteiger partial charge in [0, 0.05) is 38.1 Å². The summed E-state index contributed by atoms with van der Waals surface area (Å²) in [6.07, 6.45) is 1.09. The van der Waals surface area contributed by atoms with Crippen LogP contribution in [0.5, 0.6) is 0 Å². The van der Waals surface area contributed by atoms with E-state index in [1.54, 1.807) is 0 Å². The van der Waals surface area contributed by atoms with Gasteiger partial charge in [0.15, 0.2) is 0 Å². The number of hydrogen-bond acceptors (Lipinski definition) is 4. The first-order chi connectivity index (χ1) is 13.6. The lowest BCUT2D eigenvalue weighted by Gasteiger charge is -2.32. The van der Waals surface area contributed by atoms with Crippen LogP contribution < -0.4 is 5.32 Å². The van der Waals surface area contributed by atoms with Crippen molar-refractivity contribution in [3.8, 4) is 17.2 Å². The van der Waals surface area contributed by atoms with E-state index in [0.717, 1.165) is 43.7 Å². The number of amides is 1. The molecule has 1 saturated carbocycles. The average Bonchev–Trinajstić information content (AvgIpc) is 3.52. The minimum Gasteiger partial charge on any atom is -0.339 e. The third-order valence-corrected chi connectivity index (χ3v) is 5.85. The second-order valence-corrected chi connectivity index (χ2v) is 7.82. The maximum Gasteiger partial charge on any atom is 0.236 e. The zero-order valence-corrected chi connectivity index (χ0v) is 16.3. The molecule has 1 N–H and O–H groups in total. The van der Waals surface area contributed by atoms with Crippen LogP contribution in [0.3, 0.4) is 0 Å². The number of nitrogens with zero attached hydrogens (tertiary/aromatic N) is 3. The zero-order valence-electron chi connectivity index (χ0n) is 16.3. The molecule has 0 radical (unpaired) electrons. The van der Waals surface area contributed by atoms with Gasteiger partial charge in [-0.3, -0.25) is 4.79 Å². The maximum atomic E-state index is 12.4. The first-order valence-electron chi connectivity index (χ1n) is 9.94. The number of piperazine rings is 1. The molecule has 1 saturated heterocycles. The third-order valence-electron chi connectivity index (χ3n) is 5.85. The predicted octanol–water partition coefficient (Wildman–Crippen LogP) is 2.44. The van der Waals surface area contributed by atoms with E-state index in [0.29, 0.717) is 24.1 Å². The lowest BCUT2D eigenvalue weighted by atomic mass is 10.0. The van der Waals surface area contributed by atoms with Gasteiger partial charge < -0.3 is 15.1 Å². The van der Waals surface area contributed by atoms with E-state index in [9.17, 15) is 4.79 Å². The highest BCUT2D eigenvalue weighted by Crippen LogP contribution is 2.41. The van der Waals surface area contributed by atoms with E-state index < -0.39 is 0 Å². The van der Waals surface area contributed by atoms with Gasteiger partial charge in [-0.15, -0.1) is 0 Å². The maximum absolute atomic E-state index is 12.4. The first-order valence-corrected chi connectivity index (χ1v) is 9.94. The van der Waals surface area contributed by atoms with Crippen LogP contribution in [0.4, 0.5) is 0 Å². The molecule has 0 aromatic heterocycles. The molecule has 2 fully saturated rings. The van der Waals surface area contributed by atoms with Crippen LogP contribution in [0.2, 0.25) is 0 Å². The monoisotopic (exact) mass is 374 g/mol. The van der Waals surface area contributed by atoms with Crippen LogP contribution in [0.25, 0.3) is 11.1 Å². The number of carbonyl (C=O) groups is 1. The summed E-state index contributed by atoms with van der Waals surface area (Å²) in [5.41, 5.74) is 4.28. The summed E-state index contributed by atoms with van der Waals surface area (Å²) in [5, 5.41) is 12.3. The number of hydrogen-bond donors (Lipinski definition) is 1. The first kappa shape index (κ1) is 18.7. The summed E-state index contributed by atoms with van der Waals surface area (Å²) in [7, 11) is 2.10. The van der Waals surface area contributed by atoms with E-state index in [1.165, 1.54) is 5.56 Å². The van der Waals surface area contributed by atoms with Gasteiger partial charge in [0.05, 0.1) is 18.2 Å². The number of nitrogens with one attached hydrogen (secondary N) is 1. The fourth-order valence-electron chi connectivity index (χ4n) is 3.84. The molecule has 2 aromatic carbocycles. The van der Waals surface area contributed by atoms with Gasteiger partial charge in [-0.1, -0.05) is 36.4 Å². The highest BCUT2D eigenvalue weighted by Gasteiger charge is 2.38. The Morgan fingerprint density at radius 2 is 1.64 bits per heavy atom. The fraction of sp³-hybridized carbons (Fsp3) is 0.391. The minimum atomic E-state index is 0.218. The Kier molecular flexibility index (Phi) is 5.43. The zero-order chi connectivity index (χ0) is 19.5. The Bertz CT molecular complexity index is 861. The second-order valence-electron chi connectivity index (χ2n) is 7.82. The van der Waals surface area contributed by atoms with Gasteiger partial charge in [-0.2, -0.15) is 5.26 Å². The van der Waals surface area contributed by atoms with Gasteiger partial charge >= 0.3 is 0 Å². The molecular formula is C23H26N4O. The molecular weight excluding hydrogens is 348 g/mol. The molecule has 2 atom stereocenters. The lowest BCUT2D eigenvalue weighted by Crippen LogP contribution is -2.49. The Labute approximate surface area is 166 Å². The van der Waals surface area contributed by atoms with Gasteiger partial charge in [0.25, 0.3) is 0 Å². The van der Waals surface area contributed by atoms with Gasteiger partial charge in [0.2, 0.25) is 5.91 Å². The molecule has 4 rings (SSSR count). The second kappa shape index (κ2) is 8.14. The van der Waals surface area contributed by atoms with E-state index in [-0.39, 0.29) is 5.91 Å². The molecule has 2 aromatic rings. The van der Waals surface area contributed by atoms with Crippen LogP contribution >= 0.6 is 0 Å². The van der Waals surface area contributed by atoms with Crippen molar-refractivity contribution >= 4 is 5.91 Å². The molecule has 1 amide bonds. The number of carbonyl (C=O) groups excluding carboxylic acids is 1. The topological polar surface area (TPSA) is 59.4 Å². The van der Waals surface area contributed by atoms with Crippen molar-refractivity contribution in [2.45, 2.75) is 18.4 Å². The molecule has 28 heavy (non-hydrogen) atoms.